The molecule has 1 heterocycles. The molecule has 0 saturated carbocycles. The third kappa shape index (κ3) is 6.10. The van der Waals surface area contributed by atoms with Gasteiger partial charge in [-0.1, -0.05) is 121 Å². The Morgan fingerprint density at radius 3 is 1.77 bits per heavy atom. The number of methoxy groups -OCH3 is 1. The summed E-state index contributed by atoms with van der Waals surface area (Å²) in [6.45, 7) is 1.07. The lowest BCUT2D eigenvalue weighted by Crippen LogP contribution is -2.46. The summed E-state index contributed by atoms with van der Waals surface area (Å²) >= 11 is 0. The second-order valence-electron chi connectivity index (χ2n) is 9.79. The third-order valence-electron chi connectivity index (χ3n) is 7.34. The van der Waals surface area contributed by atoms with Crippen molar-refractivity contribution in [3.8, 4) is 0 Å². The van der Waals surface area contributed by atoms with Gasteiger partial charge in [0.05, 0.1) is 18.8 Å². The van der Waals surface area contributed by atoms with Crippen LogP contribution in [-0.4, -0.2) is 50.2 Å². The Morgan fingerprint density at radius 2 is 1.27 bits per heavy atom. The van der Waals surface area contributed by atoms with Crippen LogP contribution in [0.2, 0.25) is 0 Å². The molecule has 0 spiro atoms. The van der Waals surface area contributed by atoms with Crippen molar-refractivity contribution in [2.24, 2.45) is 0 Å². The largest absolute Gasteiger partial charge is 0.445 e. The van der Waals surface area contributed by atoms with E-state index in [2.05, 4.69) is 36.4 Å². The predicted octanol–water partition coefficient (Wildman–Crippen LogP) is 6.40. The van der Waals surface area contributed by atoms with Gasteiger partial charge in [0.1, 0.15) is 19.0 Å². The van der Waals surface area contributed by atoms with Crippen molar-refractivity contribution in [3.05, 3.63) is 144 Å². The van der Waals surface area contributed by atoms with E-state index in [9.17, 15) is 4.79 Å². The topological polar surface area (TPSA) is 57.2 Å². The summed E-state index contributed by atoms with van der Waals surface area (Å²) in [4.78, 5) is 15.1. The van der Waals surface area contributed by atoms with E-state index in [0.29, 0.717) is 13.0 Å². The van der Waals surface area contributed by atoms with E-state index >= 15 is 0 Å². The number of hydrogen-bond acceptors (Lipinski definition) is 5. The fourth-order valence-electron chi connectivity index (χ4n) is 5.38. The van der Waals surface area contributed by atoms with Crippen molar-refractivity contribution in [1.29, 1.82) is 0 Å². The van der Waals surface area contributed by atoms with Gasteiger partial charge in [0.2, 0.25) is 0 Å². The molecule has 0 unspecified atom stereocenters. The molecular weight excluding hydrogens is 502 g/mol. The number of benzene rings is 4. The van der Waals surface area contributed by atoms with Gasteiger partial charge < -0.3 is 23.8 Å². The Hall–Kier alpha value is -3.97. The number of nitrogens with zero attached hydrogens (tertiary/aromatic N) is 1. The van der Waals surface area contributed by atoms with E-state index in [4.69, 9.17) is 18.9 Å². The standard InChI is InChI=1S/C34H35NO5/c1-37-26-39-32-22-23-35(33(36)38-24-27-14-6-2-7-15-27)31(32)25-40-34(28-16-8-3-9-17-28,29-18-10-4-11-19-29)30-20-12-5-13-21-30/h2-21,31-32H,22-26H2,1H3/t31-,32-/m0/s1. The van der Waals surface area contributed by atoms with Gasteiger partial charge in [-0.2, -0.15) is 0 Å². The highest BCUT2D eigenvalue weighted by molar-refractivity contribution is 5.68. The van der Waals surface area contributed by atoms with Gasteiger partial charge in [0, 0.05) is 13.7 Å². The summed E-state index contributed by atoms with van der Waals surface area (Å²) in [6.07, 6.45) is 0.0160. The van der Waals surface area contributed by atoms with Crippen molar-refractivity contribution in [2.45, 2.75) is 30.8 Å². The van der Waals surface area contributed by atoms with E-state index in [1.54, 1.807) is 12.0 Å². The molecule has 5 rings (SSSR count). The van der Waals surface area contributed by atoms with E-state index < -0.39 is 5.60 Å². The minimum absolute atomic E-state index is 0.134. The number of rotatable bonds is 11. The first kappa shape index (κ1) is 27.6. The molecule has 0 aliphatic carbocycles. The summed E-state index contributed by atoms with van der Waals surface area (Å²) in [5, 5.41) is 0. The van der Waals surface area contributed by atoms with Crippen molar-refractivity contribution in [3.63, 3.8) is 0 Å². The maximum Gasteiger partial charge on any atom is 0.410 e. The van der Waals surface area contributed by atoms with Crippen LogP contribution >= 0.6 is 0 Å². The zero-order chi connectivity index (χ0) is 27.6. The van der Waals surface area contributed by atoms with Gasteiger partial charge in [-0.3, -0.25) is 0 Å². The van der Waals surface area contributed by atoms with Crippen molar-refractivity contribution < 1.29 is 23.7 Å². The molecule has 6 heteroatoms. The fraction of sp³-hybridized carbons (Fsp3) is 0.265. The molecule has 0 bridgehead atoms. The molecule has 2 atom stereocenters. The molecule has 4 aromatic rings. The maximum absolute atomic E-state index is 13.3. The lowest BCUT2D eigenvalue weighted by molar-refractivity contribution is -0.0999. The maximum atomic E-state index is 13.3. The molecule has 1 fully saturated rings. The van der Waals surface area contributed by atoms with Crippen molar-refractivity contribution >= 4 is 6.09 Å². The molecular formula is C34H35NO5. The molecule has 40 heavy (non-hydrogen) atoms. The second-order valence-corrected chi connectivity index (χ2v) is 9.79. The van der Waals surface area contributed by atoms with Crippen LogP contribution in [0.25, 0.3) is 0 Å². The van der Waals surface area contributed by atoms with Gasteiger partial charge in [-0.05, 0) is 28.7 Å². The number of carbonyl (C=O) groups excluding carboxylic acids is 1. The zero-order valence-electron chi connectivity index (χ0n) is 22.7. The molecule has 4 aromatic carbocycles. The van der Waals surface area contributed by atoms with E-state index in [-0.39, 0.29) is 38.2 Å². The van der Waals surface area contributed by atoms with Crippen LogP contribution in [0.4, 0.5) is 4.79 Å². The zero-order valence-corrected chi connectivity index (χ0v) is 22.7. The lowest BCUT2D eigenvalue weighted by Gasteiger charge is -2.38. The van der Waals surface area contributed by atoms with Crippen LogP contribution in [0.5, 0.6) is 0 Å². The Morgan fingerprint density at radius 1 is 0.775 bits per heavy atom. The smallest absolute Gasteiger partial charge is 0.410 e. The SMILES string of the molecule is COCO[C@H]1CCN(C(=O)OCc2ccccc2)[C@H]1COC(c1ccccc1)(c1ccccc1)c1ccccc1. The van der Waals surface area contributed by atoms with Gasteiger partial charge in [-0.15, -0.1) is 0 Å². The highest BCUT2D eigenvalue weighted by Gasteiger charge is 2.43. The van der Waals surface area contributed by atoms with Crippen LogP contribution in [0.15, 0.2) is 121 Å². The molecule has 6 nitrogen and oxygen atoms in total. The Balaban J connectivity index is 1.47. The fourth-order valence-corrected chi connectivity index (χ4v) is 5.38. The highest BCUT2D eigenvalue weighted by atomic mass is 16.7. The van der Waals surface area contributed by atoms with Crippen LogP contribution in [0, 0.1) is 0 Å². The minimum atomic E-state index is -0.905. The Kier molecular flexibility index (Phi) is 9.24. The summed E-state index contributed by atoms with van der Waals surface area (Å²) in [7, 11) is 1.59. The number of ether oxygens (including phenoxy) is 4. The van der Waals surface area contributed by atoms with E-state index in [1.165, 1.54) is 0 Å². The van der Waals surface area contributed by atoms with E-state index in [1.807, 2.05) is 84.9 Å². The van der Waals surface area contributed by atoms with Gasteiger partial charge >= 0.3 is 6.09 Å². The summed E-state index contributed by atoms with van der Waals surface area (Å²) in [6, 6.07) is 39.9. The first-order valence-electron chi connectivity index (χ1n) is 13.6. The number of carbonyl (C=O) groups is 1. The average Bonchev–Trinajstić information content (AvgIpc) is 3.44. The Bertz CT molecular complexity index is 1220. The molecule has 1 aliphatic rings. The van der Waals surface area contributed by atoms with Crippen LogP contribution in [0.3, 0.4) is 0 Å². The first-order valence-corrected chi connectivity index (χ1v) is 13.6. The van der Waals surface area contributed by atoms with Crippen LogP contribution < -0.4 is 0 Å². The van der Waals surface area contributed by atoms with Crippen molar-refractivity contribution in [1.82, 2.24) is 4.90 Å². The van der Waals surface area contributed by atoms with Crippen LogP contribution in [-0.2, 0) is 31.2 Å². The summed E-state index contributed by atoms with van der Waals surface area (Å²) in [5.41, 5.74) is 3.03. The van der Waals surface area contributed by atoms with E-state index in [0.717, 1.165) is 22.3 Å². The molecule has 0 radical (unpaired) electrons. The molecule has 1 aliphatic heterocycles. The predicted molar refractivity (Wildman–Crippen MR) is 154 cm³/mol. The molecule has 0 aromatic heterocycles. The van der Waals surface area contributed by atoms with Gasteiger partial charge in [0.15, 0.2) is 0 Å². The normalized spacial score (nSPS) is 17.1. The monoisotopic (exact) mass is 537 g/mol. The number of likely N-dealkylation sites (tertiary alicyclic amines) is 1. The van der Waals surface area contributed by atoms with Gasteiger partial charge in [-0.25, -0.2) is 4.79 Å². The van der Waals surface area contributed by atoms with Crippen molar-refractivity contribution in [2.75, 3.05) is 27.1 Å². The lowest BCUT2D eigenvalue weighted by atomic mass is 9.80. The summed E-state index contributed by atoms with van der Waals surface area (Å²) < 4.78 is 24.0. The first-order chi connectivity index (χ1) is 19.7. The van der Waals surface area contributed by atoms with Gasteiger partial charge in [0.25, 0.3) is 0 Å². The molecule has 1 saturated heterocycles. The highest BCUT2D eigenvalue weighted by Crippen LogP contribution is 2.41. The third-order valence-corrected chi connectivity index (χ3v) is 7.34. The number of amides is 1. The number of hydrogen-bond donors (Lipinski definition) is 0. The quantitative estimate of drug-likeness (QED) is 0.164. The molecule has 206 valence electrons. The second kappa shape index (κ2) is 13.4. The van der Waals surface area contributed by atoms with Crippen LogP contribution in [0.1, 0.15) is 28.7 Å². The molecule has 0 N–H and O–H groups in total. The Labute approximate surface area is 236 Å². The minimum Gasteiger partial charge on any atom is -0.445 e. The summed E-state index contributed by atoms with van der Waals surface area (Å²) in [5.74, 6) is 0. The molecule has 1 amide bonds. The average molecular weight is 538 g/mol.